The van der Waals surface area contributed by atoms with Gasteiger partial charge in [-0.2, -0.15) is 0 Å². The number of methoxy groups -OCH3 is 1. The van der Waals surface area contributed by atoms with Crippen molar-refractivity contribution in [3.63, 3.8) is 0 Å². The van der Waals surface area contributed by atoms with Crippen LogP contribution in [0.2, 0.25) is 5.02 Å². The highest BCUT2D eigenvalue weighted by molar-refractivity contribution is 7.99. The van der Waals surface area contributed by atoms with Crippen LogP contribution in [0.25, 0.3) is 5.69 Å². The minimum absolute atomic E-state index is 0.134. The molecule has 1 N–H and O–H groups in total. The second-order valence-corrected chi connectivity index (χ2v) is 6.59. The van der Waals surface area contributed by atoms with Gasteiger partial charge in [0.1, 0.15) is 11.6 Å². The Morgan fingerprint density at radius 3 is 2.96 bits per heavy atom. The summed E-state index contributed by atoms with van der Waals surface area (Å²) in [5.74, 6) is 0.150. The molecule has 1 aromatic heterocycles. The van der Waals surface area contributed by atoms with Crippen molar-refractivity contribution in [1.82, 2.24) is 9.55 Å². The number of carbonyl (C=O) groups excluding carboxylic acids is 1. The van der Waals surface area contributed by atoms with Crippen LogP contribution in [0, 0.1) is 5.82 Å². The van der Waals surface area contributed by atoms with E-state index in [9.17, 15) is 9.18 Å². The molecule has 0 saturated carbocycles. The Morgan fingerprint density at radius 2 is 2.19 bits per heavy atom. The van der Waals surface area contributed by atoms with Crippen molar-refractivity contribution in [2.45, 2.75) is 5.16 Å². The fourth-order valence-electron chi connectivity index (χ4n) is 2.26. The maximum atomic E-state index is 13.1. The second-order valence-electron chi connectivity index (χ2n) is 5.24. The van der Waals surface area contributed by atoms with E-state index >= 15 is 0 Å². The van der Waals surface area contributed by atoms with Gasteiger partial charge in [-0.1, -0.05) is 29.4 Å². The predicted molar refractivity (Wildman–Crippen MR) is 101 cm³/mol. The number of imidazole rings is 1. The first-order valence-electron chi connectivity index (χ1n) is 7.62. The van der Waals surface area contributed by atoms with Crippen LogP contribution in [0.1, 0.15) is 0 Å². The van der Waals surface area contributed by atoms with Crippen molar-refractivity contribution in [1.29, 1.82) is 0 Å². The third-order valence-electron chi connectivity index (χ3n) is 3.48. The average molecular weight is 392 g/mol. The molecule has 5 nitrogen and oxygen atoms in total. The molecule has 0 aliphatic rings. The van der Waals surface area contributed by atoms with E-state index in [4.69, 9.17) is 16.3 Å². The summed E-state index contributed by atoms with van der Waals surface area (Å²) in [6, 6.07) is 11.4. The maximum absolute atomic E-state index is 13.1. The average Bonchev–Trinajstić information content (AvgIpc) is 3.11. The van der Waals surface area contributed by atoms with Crippen LogP contribution in [0.3, 0.4) is 0 Å². The van der Waals surface area contributed by atoms with Crippen molar-refractivity contribution >= 4 is 35.0 Å². The number of amides is 1. The van der Waals surface area contributed by atoms with Gasteiger partial charge >= 0.3 is 0 Å². The summed E-state index contributed by atoms with van der Waals surface area (Å²) < 4.78 is 20.2. The number of nitrogens with one attached hydrogen (secondary N) is 1. The van der Waals surface area contributed by atoms with E-state index in [1.807, 2.05) is 35.0 Å². The number of anilines is 1. The van der Waals surface area contributed by atoms with Gasteiger partial charge in [-0.05, 0) is 30.3 Å². The third-order valence-corrected chi connectivity index (χ3v) is 4.76. The highest BCUT2D eigenvalue weighted by atomic mass is 35.5. The van der Waals surface area contributed by atoms with Crippen LogP contribution in [-0.2, 0) is 4.79 Å². The maximum Gasteiger partial charge on any atom is 0.234 e. The van der Waals surface area contributed by atoms with Crippen molar-refractivity contribution in [3.8, 4) is 11.4 Å². The quantitative estimate of drug-likeness (QED) is 0.632. The van der Waals surface area contributed by atoms with Crippen LogP contribution < -0.4 is 10.1 Å². The van der Waals surface area contributed by atoms with Gasteiger partial charge in [0.15, 0.2) is 5.16 Å². The van der Waals surface area contributed by atoms with E-state index in [1.165, 1.54) is 23.9 Å². The number of aromatic nitrogens is 2. The number of ether oxygens (including phenoxy) is 1. The third kappa shape index (κ3) is 4.36. The molecule has 3 aromatic rings. The van der Waals surface area contributed by atoms with Gasteiger partial charge in [0, 0.05) is 18.5 Å². The largest absolute Gasteiger partial charge is 0.497 e. The van der Waals surface area contributed by atoms with Gasteiger partial charge in [-0.25, -0.2) is 9.37 Å². The molecule has 8 heteroatoms. The zero-order chi connectivity index (χ0) is 18.5. The molecule has 1 heterocycles. The smallest absolute Gasteiger partial charge is 0.234 e. The molecule has 0 unspecified atom stereocenters. The zero-order valence-corrected chi connectivity index (χ0v) is 15.4. The van der Waals surface area contributed by atoms with Gasteiger partial charge in [0.05, 0.1) is 29.3 Å². The van der Waals surface area contributed by atoms with E-state index in [1.54, 1.807) is 13.3 Å². The second kappa shape index (κ2) is 8.25. The number of nitrogens with zero attached hydrogens (tertiary/aromatic N) is 2. The van der Waals surface area contributed by atoms with E-state index in [0.29, 0.717) is 10.8 Å². The van der Waals surface area contributed by atoms with Crippen LogP contribution in [-0.4, -0.2) is 28.3 Å². The molecule has 2 aromatic carbocycles. The molecule has 1 amide bonds. The number of carbonyl (C=O) groups is 1. The van der Waals surface area contributed by atoms with Gasteiger partial charge in [-0.3, -0.25) is 9.36 Å². The molecule has 134 valence electrons. The lowest BCUT2D eigenvalue weighted by molar-refractivity contribution is -0.113. The number of hydrogen-bond acceptors (Lipinski definition) is 4. The fourth-order valence-corrected chi connectivity index (χ4v) is 3.25. The molecule has 0 atom stereocenters. The minimum atomic E-state index is -0.456. The monoisotopic (exact) mass is 391 g/mol. The normalized spacial score (nSPS) is 10.6. The van der Waals surface area contributed by atoms with Crippen molar-refractivity contribution in [3.05, 3.63) is 65.7 Å². The first kappa shape index (κ1) is 18.3. The summed E-state index contributed by atoms with van der Waals surface area (Å²) >= 11 is 7.20. The molecule has 0 fully saturated rings. The Bertz CT molecular complexity index is 932. The SMILES string of the molecule is COc1cccc(-n2ccnc2SCC(=O)Nc2ccc(F)cc2Cl)c1. The van der Waals surface area contributed by atoms with E-state index < -0.39 is 5.82 Å². The van der Waals surface area contributed by atoms with Gasteiger partial charge in [0.2, 0.25) is 5.91 Å². The van der Waals surface area contributed by atoms with Gasteiger partial charge < -0.3 is 10.1 Å². The summed E-state index contributed by atoms with van der Waals surface area (Å²) in [6.45, 7) is 0. The Kier molecular flexibility index (Phi) is 5.80. The van der Waals surface area contributed by atoms with Crippen molar-refractivity contribution < 1.29 is 13.9 Å². The Hall–Kier alpha value is -2.51. The highest BCUT2D eigenvalue weighted by Gasteiger charge is 2.11. The number of hydrogen-bond donors (Lipinski definition) is 1. The topological polar surface area (TPSA) is 56.2 Å². The van der Waals surface area contributed by atoms with Crippen LogP contribution >= 0.6 is 23.4 Å². The lowest BCUT2D eigenvalue weighted by atomic mass is 10.3. The fraction of sp³-hybridized carbons (Fsp3) is 0.111. The number of rotatable bonds is 6. The summed E-state index contributed by atoms with van der Waals surface area (Å²) in [7, 11) is 1.60. The molecule has 0 aliphatic heterocycles. The predicted octanol–water partition coefficient (Wildman–Crippen LogP) is 4.40. The molecule has 0 radical (unpaired) electrons. The molecule has 0 bridgehead atoms. The van der Waals surface area contributed by atoms with E-state index in [0.717, 1.165) is 17.5 Å². The van der Waals surface area contributed by atoms with Crippen LogP contribution in [0.5, 0.6) is 5.75 Å². The highest BCUT2D eigenvalue weighted by Crippen LogP contribution is 2.25. The molecular weight excluding hydrogens is 377 g/mol. The van der Waals surface area contributed by atoms with E-state index in [-0.39, 0.29) is 16.7 Å². The summed E-state index contributed by atoms with van der Waals surface area (Å²) in [4.78, 5) is 16.4. The van der Waals surface area contributed by atoms with Crippen LogP contribution in [0.4, 0.5) is 10.1 Å². The summed E-state index contributed by atoms with van der Waals surface area (Å²) in [5, 5.41) is 3.48. The molecule has 0 aliphatic carbocycles. The molecule has 0 saturated heterocycles. The lowest BCUT2D eigenvalue weighted by Gasteiger charge is -2.10. The molecule has 26 heavy (non-hydrogen) atoms. The lowest BCUT2D eigenvalue weighted by Crippen LogP contribution is -2.14. The Balaban J connectivity index is 1.67. The van der Waals surface area contributed by atoms with Gasteiger partial charge in [-0.15, -0.1) is 0 Å². The standard InChI is InChI=1S/C18H15ClFN3O2S/c1-25-14-4-2-3-13(10-14)23-8-7-21-18(23)26-11-17(24)22-16-6-5-12(20)9-15(16)19/h2-10H,11H2,1H3,(H,22,24). The van der Waals surface area contributed by atoms with Crippen molar-refractivity contribution in [2.24, 2.45) is 0 Å². The first-order chi connectivity index (χ1) is 12.6. The Morgan fingerprint density at radius 1 is 1.35 bits per heavy atom. The first-order valence-corrected chi connectivity index (χ1v) is 8.98. The zero-order valence-electron chi connectivity index (χ0n) is 13.8. The molecule has 0 spiro atoms. The van der Waals surface area contributed by atoms with Crippen LogP contribution in [0.15, 0.2) is 60.0 Å². The van der Waals surface area contributed by atoms with Gasteiger partial charge in [0.25, 0.3) is 0 Å². The summed E-state index contributed by atoms with van der Waals surface area (Å²) in [6.07, 6.45) is 3.47. The number of benzene rings is 2. The molecular formula is C18H15ClFN3O2S. The number of halogens is 2. The minimum Gasteiger partial charge on any atom is -0.497 e. The summed E-state index contributed by atoms with van der Waals surface area (Å²) in [5.41, 5.74) is 1.25. The molecule has 3 rings (SSSR count). The Labute approximate surface area is 159 Å². The van der Waals surface area contributed by atoms with E-state index in [2.05, 4.69) is 10.3 Å². The van der Waals surface area contributed by atoms with Crippen molar-refractivity contribution in [2.75, 3.05) is 18.2 Å². The number of thioether (sulfide) groups is 1.